The molecule has 15 heavy (non-hydrogen) atoms. The van der Waals surface area contributed by atoms with Crippen molar-refractivity contribution in [1.29, 1.82) is 0 Å². The van der Waals surface area contributed by atoms with Crippen LogP contribution in [0.25, 0.3) is 0 Å². The maximum Gasteiger partial charge on any atom is 0.316 e. The van der Waals surface area contributed by atoms with Gasteiger partial charge in [0.2, 0.25) is 5.91 Å². The molecule has 0 aliphatic heterocycles. The summed E-state index contributed by atoms with van der Waals surface area (Å²) in [5, 5.41) is 11.1. The van der Waals surface area contributed by atoms with Crippen LogP contribution in [0.5, 0.6) is 0 Å². The Hall–Kier alpha value is -0.710. The molecule has 0 saturated heterocycles. The first-order chi connectivity index (χ1) is 6.99. The van der Waals surface area contributed by atoms with Gasteiger partial charge in [-0.2, -0.15) is 0 Å². The molecule has 0 heterocycles. The first kappa shape index (κ1) is 14.3. The standard InChI is InChI=1S/C10H19NO3S/c1-7(2)9(10(13)14)15-6-4-5-8(12)11-3/h7,9H,4-6H2,1-3H3,(H,11,12)(H,13,14). The normalized spacial score (nSPS) is 12.5. The number of thioether (sulfide) groups is 1. The highest BCUT2D eigenvalue weighted by Gasteiger charge is 2.21. The summed E-state index contributed by atoms with van der Waals surface area (Å²) in [6, 6.07) is 0. The van der Waals surface area contributed by atoms with Gasteiger partial charge in [-0.1, -0.05) is 13.8 Å². The maximum absolute atomic E-state index is 10.9. The third kappa shape index (κ3) is 6.38. The zero-order valence-electron chi connectivity index (χ0n) is 9.45. The summed E-state index contributed by atoms with van der Waals surface area (Å²) in [7, 11) is 1.60. The minimum Gasteiger partial charge on any atom is -0.480 e. The summed E-state index contributed by atoms with van der Waals surface area (Å²) in [5.41, 5.74) is 0. The number of hydrogen-bond donors (Lipinski definition) is 2. The van der Waals surface area contributed by atoms with Crippen molar-refractivity contribution in [3.63, 3.8) is 0 Å². The lowest BCUT2D eigenvalue weighted by molar-refractivity contribution is -0.137. The van der Waals surface area contributed by atoms with Crippen molar-refractivity contribution < 1.29 is 14.7 Å². The van der Waals surface area contributed by atoms with E-state index in [-0.39, 0.29) is 17.1 Å². The molecule has 1 amide bonds. The zero-order chi connectivity index (χ0) is 11.8. The quantitative estimate of drug-likeness (QED) is 0.651. The van der Waals surface area contributed by atoms with Gasteiger partial charge in [0.25, 0.3) is 0 Å². The molecular weight excluding hydrogens is 214 g/mol. The first-order valence-corrected chi connectivity index (χ1v) is 6.09. The molecule has 0 radical (unpaired) electrons. The van der Waals surface area contributed by atoms with Crippen LogP contribution in [0.4, 0.5) is 0 Å². The minimum atomic E-state index is -0.769. The lowest BCUT2D eigenvalue weighted by Gasteiger charge is -2.15. The Morgan fingerprint density at radius 1 is 1.40 bits per heavy atom. The van der Waals surface area contributed by atoms with Crippen molar-refractivity contribution in [2.24, 2.45) is 5.92 Å². The predicted molar refractivity (Wildman–Crippen MR) is 62.0 cm³/mol. The van der Waals surface area contributed by atoms with Gasteiger partial charge in [-0.25, -0.2) is 0 Å². The summed E-state index contributed by atoms with van der Waals surface area (Å²) < 4.78 is 0. The Morgan fingerprint density at radius 3 is 2.40 bits per heavy atom. The van der Waals surface area contributed by atoms with Crippen molar-refractivity contribution in [2.45, 2.75) is 31.9 Å². The van der Waals surface area contributed by atoms with Crippen LogP contribution < -0.4 is 5.32 Å². The third-order valence-corrected chi connectivity index (χ3v) is 3.60. The van der Waals surface area contributed by atoms with Crippen LogP contribution in [0, 0.1) is 5.92 Å². The SMILES string of the molecule is CNC(=O)CCCSC(C(=O)O)C(C)C. The van der Waals surface area contributed by atoms with E-state index in [2.05, 4.69) is 5.32 Å². The molecule has 5 heteroatoms. The Balaban J connectivity index is 3.72. The number of hydrogen-bond acceptors (Lipinski definition) is 3. The molecule has 0 aromatic rings. The van der Waals surface area contributed by atoms with Gasteiger partial charge in [-0.05, 0) is 18.1 Å². The predicted octanol–water partition coefficient (Wildman–Crippen LogP) is 1.35. The van der Waals surface area contributed by atoms with Crippen molar-refractivity contribution in [2.75, 3.05) is 12.8 Å². The second kappa shape index (κ2) is 7.56. The van der Waals surface area contributed by atoms with Crippen LogP contribution in [0.15, 0.2) is 0 Å². The number of carbonyl (C=O) groups is 2. The highest BCUT2D eigenvalue weighted by atomic mass is 32.2. The molecule has 1 unspecified atom stereocenters. The molecule has 0 saturated carbocycles. The lowest BCUT2D eigenvalue weighted by Crippen LogP contribution is -2.23. The van der Waals surface area contributed by atoms with Crippen LogP contribution in [0.1, 0.15) is 26.7 Å². The maximum atomic E-state index is 10.9. The van der Waals surface area contributed by atoms with E-state index < -0.39 is 5.97 Å². The Kier molecular flexibility index (Phi) is 7.21. The van der Waals surface area contributed by atoms with Gasteiger partial charge in [-0.15, -0.1) is 11.8 Å². The average molecular weight is 233 g/mol. The summed E-state index contributed by atoms with van der Waals surface area (Å²) in [4.78, 5) is 21.7. The van der Waals surface area contributed by atoms with Gasteiger partial charge in [-0.3, -0.25) is 9.59 Å². The van der Waals surface area contributed by atoms with E-state index in [0.29, 0.717) is 12.2 Å². The second-order valence-electron chi connectivity index (χ2n) is 3.65. The van der Waals surface area contributed by atoms with E-state index in [1.54, 1.807) is 7.05 Å². The van der Waals surface area contributed by atoms with Crippen molar-refractivity contribution in [3.8, 4) is 0 Å². The number of carboxylic acid groups (broad SMARTS) is 1. The Labute approximate surface area is 94.8 Å². The average Bonchev–Trinajstić information content (AvgIpc) is 2.15. The zero-order valence-corrected chi connectivity index (χ0v) is 10.3. The fourth-order valence-electron chi connectivity index (χ4n) is 1.12. The van der Waals surface area contributed by atoms with E-state index in [0.717, 1.165) is 6.42 Å². The number of rotatable bonds is 7. The molecule has 0 aromatic carbocycles. The lowest BCUT2D eigenvalue weighted by atomic mass is 10.1. The molecule has 4 nitrogen and oxygen atoms in total. The third-order valence-electron chi connectivity index (χ3n) is 1.97. The van der Waals surface area contributed by atoms with Gasteiger partial charge < -0.3 is 10.4 Å². The highest BCUT2D eigenvalue weighted by Crippen LogP contribution is 2.20. The monoisotopic (exact) mass is 233 g/mol. The minimum absolute atomic E-state index is 0.00650. The largest absolute Gasteiger partial charge is 0.480 e. The number of carboxylic acids is 1. The number of nitrogens with one attached hydrogen (secondary N) is 1. The smallest absolute Gasteiger partial charge is 0.316 e. The van der Waals surface area contributed by atoms with E-state index >= 15 is 0 Å². The van der Waals surface area contributed by atoms with Gasteiger partial charge in [0.05, 0.1) is 0 Å². The highest BCUT2D eigenvalue weighted by molar-refractivity contribution is 8.00. The fourth-order valence-corrected chi connectivity index (χ4v) is 2.21. The molecule has 0 rings (SSSR count). The van der Waals surface area contributed by atoms with Gasteiger partial charge in [0.1, 0.15) is 5.25 Å². The second-order valence-corrected chi connectivity index (χ2v) is 4.90. The van der Waals surface area contributed by atoms with Crippen LogP contribution >= 0.6 is 11.8 Å². The first-order valence-electron chi connectivity index (χ1n) is 5.04. The number of amides is 1. The van der Waals surface area contributed by atoms with E-state index in [9.17, 15) is 9.59 Å². The molecule has 0 aliphatic carbocycles. The van der Waals surface area contributed by atoms with E-state index in [1.165, 1.54) is 11.8 Å². The number of carbonyl (C=O) groups excluding carboxylic acids is 1. The number of aliphatic carboxylic acids is 1. The summed E-state index contributed by atoms with van der Waals surface area (Å²) >= 11 is 1.41. The topological polar surface area (TPSA) is 66.4 Å². The van der Waals surface area contributed by atoms with Crippen LogP contribution in [0.3, 0.4) is 0 Å². The van der Waals surface area contributed by atoms with Gasteiger partial charge in [0, 0.05) is 13.5 Å². The summed E-state index contributed by atoms with van der Waals surface area (Å²) in [6.45, 7) is 3.79. The molecule has 88 valence electrons. The Bertz CT molecular complexity index is 219. The van der Waals surface area contributed by atoms with Crippen LogP contribution in [-0.4, -0.2) is 35.0 Å². The molecule has 0 fully saturated rings. The Morgan fingerprint density at radius 2 is 2.00 bits per heavy atom. The molecule has 2 N–H and O–H groups in total. The van der Waals surface area contributed by atoms with Crippen LogP contribution in [-0.2, 0) is 9.59 Å². The molecular formula is C10H19NO3S. The fraction of sp³-hybridized carbons (Fsp3) is 0.800. The van der Waals surface area contributed by atoms with Gasteiger partial charge >= 0.3 is 5.97 Å². The molecule has 0 aromatic heterocycles. The molecule has 0 bridgehead atoms. The van der Waals surface area contributed by atoms with Crippen LogP contribution in [0.2, 0.25) is 0 Å². The van der Waals surface area contributed by atoms with Gasteiger partial charge in [0.15, 0.2) is 0 Å². The molecule has 1 atom stereocenters. The van der Waals surface area contributed by atoms with E-state index in [4.69, 9.17) is 5.11 Å². The molecule has 0 spiro atoms. The summed E-state index contributed by atoms with van der Waals surface area (Å²) in [6.07, 6.45) is 1.19. The van der Waals surface area contributed by atoms with Crippen molar-refractivity contribution in [1.82, 2.24) is 5.32 Å². The van der Waals surface area contributed by atoms with Crippen molar-refractivity contribution in [3.05, 3.63) is 0 Å². The summed E-state index contributed by atoms with van der Waals surface area (Å²) in [5.74, 6) is 0.0669. The van der Waals surface area contributed by atoms with E-state index in [1.807, 2.05) is 13.8 Å². The van der Waals surface area contributed by atoms with Crippen molar-refractivity contribution >= 4 is 23.6 Å². The molecule has 0 aliphatic rings.